The molecule has 4 heteroatoms. The van der Waals surface area contributed by atoms with Crippen LogP contribution in [0.15, 0.2) is 18.2 Å². The first-order chi connectivity index (χ1) is 8.25. The van der Waals surface area contributed by atoms with Gasteiger partial charge in [0.05, 0.1) is 7.39 Å². The van der Waals surface area contributed by atoms with E-state index in [4.69, 9.17) is 13.6 Å². The van der Waals surface area contributed by atoms with Gasteiger partial charge in [-0.2, -0.15) is 0 Å². The van der Waals surface area contributed by atoms with Crippen LogP contribution in [0.25, 0.3) is 0 Å². The molecule has 15 heavy (non-hydrogen) atoms. The van der Waals surface area contributed by atoms with Crippen molar-refractivity contribution in [1.82, 2.24) is 5.32 Å². The number of Topliss-reactive ketones (excluding diaryl/α,β-unsaturated/α-hetero) is 1. The van der Waals surface area contributed by atoms with E-state index < -0.39 is 18.5 Å². The van der Waals surface area contributed by atoms with Gasteiger partial charge in [0.1, 0.15) is 2.74 Å². The van der Waals surface area contributed by atoms with Gasteiger partial charge in [0.25, 0.3) is 0 Å². The number of ketones is 1. The van der Waals surface area contributed by atoms with Crippen molar-refractivity contribution in [3.05, 3.63) is 23.8 Å². The lowest BCUT2D eigenvalue weighted by Gasteiger charge is -2.09. The summed E-state index contributed by atoms with van der Waals surface area (Å²) >= 11 is 0. The van der Waals surface area contributed by atoms with E-state index in [-0.39, 0.29) is 17.1 Å². The largest absolute Gasteiger partial charge is 0.454 e. The van der Waals surface area contributed by atoms with Crippen LogP contribution >= 0.6 is 0 Å². The molecule has 0 unspecified atom stereocenters. The Balaban J connectivity index is 2.32. The lowest BCUT2D eigenvalue weighted by atomic mass is 10.1. The highest BCUT2D eigenvalue weighted by Crippen LogP contribution is 2.32. The molecule has 80 valence electrons. The monoisotopic (exact) mass is 210 g/mol. The average molecular weight is 210 g/mol. The zero-order valence-electron chi connectivity index (χ0n) is 11.5. The first-order valence-electron chi connectivity index (χ1n) is 6.01. The summed E-state index contributed by atoms with van der Waals surface area (Å²) in [6.07, 6.45) is 0. The molecule has 0 aliphatic carbocycles. The van der Waals surface area contributed by atoms with E-state index in [2.05, 4.69) is 5.32 Å². The molecular formula is C11H13NO3. The first-order valence-corrected chi connectivity index (χ1v) is 4.51. The molecule has 0 amide bonds. The molecule has 4 nitrogen and oxygen atoms in total. The molecule has 0 saturated heterocycles. The minimum atomic E-state index is -2.21. The molecule has 1 heterocycles. The van der Waals surface area contributed by atoms with Gasteiger partial charge in [-0.15, -0.1) is 0 Å². The molecule has 1 aliphatic rings. The third-order valence-corrected chi connectivity index (χ3v) is 2.22. The van der Waals surface area contributed by atoms with Crippen LogP contribution in [-0.4, -0.2) is 25.6 Å². The van der Waals surface area contributed by atoms with Gasteiger partial charge in [-0.1, -0.05) is 0 Å². The predicted octanol–water partition coefficient (Wildman–Crippen LogP) is 1.21. The summed E-state index contributed by atoms with van der Waals surface area (Å²) in [4.78, 5) is 12.0. The van der Waals surface area contributed by atoms with Crippen molar-refractivity contribution in [2.24, 2.45) is 0 Å². The molecule has 0 fully saturated rings. The highest BCUT2D eigenvalue weighted by Gasteiger charge is 2.18. The van der Waals surface area contributed by atoms with E-state index >= 15 is 0 Å². The molecule has 1 aromatic carbocycles. The second kappa shape index (κ2) is 3.90. The summed E-state index contributed by atoms with van der Waals surface area (Å²) in [6.45, 7) is -0.767. The maximum atomic E-state index is 12.0. The maximum absolute atomic E-state index is 12.0. The molecule has 0 saturated carbocycles. The Morgan fingerprint density at radius 3 is 3.07 bits per heavy atom. The predicted molar refractivity (Wildman–Crippen MR) is 55.4 cm³/mol. The molecule has 2 rings (SSSR count). The van der Waals surface area contributed by atoms with Crippen LogP contribution in [0.5, 0.6) is 11.5 Å². The van der Waals surface area contributed by atoms with E-state index in [1.54, 1.807) is 0 Å². The van der Waals surface area contributed by atoms with Crippen molar-refractivity contribution in [3.63, 3.8) is 0 Å². The third-order valence-electron chi connectivity index (χ3n) is 2.22. The number of ether oxygens (including phenoxy) is 2. The Morgan fingerprint density at radius 2 is 2.33 bits per heavy atom. The lowest BCUT2D eigenvalue weighted by Crippen LogP contribution is -2.30. The van der Waals surface area contributed by atoms with E-state index in [0.29, 0.717) is 0 Å². The van der Waals surface area contributed by atoms with Crippen molar-refractivity contribution in [2.45, 2.75) is 12.9 Å². The van der Waals surface area contributed by atoms with Crippen LogP contribution in [-0.2, 0) is 0 Å². The van der Waals surface area contributed by atoms with E-state index in [1.807, 2.05) is 0 Å². The fourth-order valence-corrected chi connectivity index (χ4v) is 1.25. The second-order valence-corrected chi connectivity index (χ2v) is 3.15. The third kappa shape index (κ3) is 1.80. The Morgan fingerprint density at radius 1 is 1.60 bits per heavy atom. The minimum Gasteiger partial charge on any atom is -0.454 e. The van der Waals surface area contributed by atoms with E-state index in [1.165, 1.54) is 32.2 Å². The fraction of sp³-hybridized carbons (Fsp3) is 0.364. The van der Waals surface area contributed by atoms with Gasteiger partial charge in [-0.05, 0) is 32.2 Å². The Hall–Kier alpha value is -1.55. The number of nitrogens with one attached hydrogen (secondary N) is 1. The van der Waals surface area contributed by atoms with Gasteiger partial charge >= 0.3 is 0 Å². The zero-order chi connectivity index (χ0) is 13.6. The fourth-order valence-electron chi connectivity index (χ4n) is 1.25. The van der Waals surface area contributed by atoms with Gasteiger partial charge in [0, 0.05) is 5.56 Å². The van der Waals surface area contributed by atoms with Crippen LogP contribution in [0.2, 0.25) is 0 Å². The molecule has 1 atom stereocenters. The maximum Gasteiger partial charge on any atom is 0.231 e. The van der Waals surface area contributed by atoms with Gasteiger partial charge in [-0.3, -0.25) is 4.79 Å². The van der Waals surface area contributed by atoms with Crippen LogP contribution in [0.1, 0.15) is 21.4 Å². The number of likely N-dealkylation sites (N-methyl/N-ethyl adjacent to an activating group) is 1. The second-order valence-electron chi connectivity index (χ2n) is 3.15. The van der Waals surface area contributed by atoms with Gasteiger partial charge in [0.15, 0.2) is 17.3 Å². The van der Waals surface area contributed by atoms with E-state index in [9.17, 15) is 4.79 Å². The Bertz CT molecular complexity index is 502. The SMILES string of the molecule is [2H]C1([2H])Oc2ccc(C(=O)[C@]([2H])(C)NC)cc2O1. The number of carbonyl (C=O) groups excluding carboxylic acids is 1. The number of rotatable bonds is 3. The molecule has 0 aromatic heterocycles. The van der Waals surface area contributed by atoms with Crippen molar-refractivity contribution < 1.29 is 18.4 Å². The normalized spacial score (nSPS) is 23.5. The lowest BCUT2D eigenvalue weighted by molar-refractivity contribution is 0.0954. The molecule has 1 aromatic rings. The van der Waals surface area contributed by atoms with Crippen LogP contribution in [0, 0.1) is 0 Å². The topological polar surface area (TPSA) is 47.6 Å². The highest BCUT2D eigenvalue weighted by molar-refractivity contribution is 6.00. The van der Waals surface area contributed by atoms with Gasteiger partial charge in [0.2, 0.25) is 6.75 Å². The van der Waals surface area contributed by atoms with Crippen molar-refractivity contribution in [3.8, 4) is 11.5 Å². The summed E-state index contributed by atoms with van der Waals surface area (Å²) in [7, 11) is 1.52. The van der Waals surface area contributed by atoms with Crippen molar-refractivity contribution in [2.75, 3.05) is 13.8 Å². The molecule has 0 bridgehead atoms. The Labute approximate surface area is 92.4 Å². The number of hydrogen-bond acceptors (Lipinski definition) is 4. The molecule has 1 N–H and O–H groups in total. The highest BCUT2D eigenvalue weighted by atomic mass is 16.7. The molecule has 0 spiro atoms. The summed E-state index contributed by atoms with van der Waals surface area (Å²) in [5.74, 6) is -0.0192. The number of benzene rings is 1. The van der Waals surface area contributed by atoms with E-state index in [0.717, 1.165) is 0 Å². The quantitative estimate of drug-likeness (QED) is 0.762. The average Bonchev–Trinajstić information content (AvgIpc) is 2.60. The van der Waals surface area contributed by atoms with Crippen LogP contribution in [0.4, 0.5) is 0 Å². The minimum absolute atomic E-state index is 0.165. The summed E-state index contributed by atoms with van der Waals surface area (Å²) in [5.41, 5.74) is 0.266. The number of hydrogen-bond donors (Lipinski definition) is 1. The van der Waals surface area contributed by atoms with Crippen LogP contribution in [0.3, 0.4) is 0 Å². The molecule has 1 aliphatic heterocycles. The number of fused-ring (bicyclic) bond motifs is 1. The number of carbonyl (C=O) groups is 1. The molecule has 0 radical (unpaired) electrons. The van der Waals surface area contributed by atoms with Crippen molar-refractivity contribution >= 4 is 5.78 Å². The van der Waals surface area contributed by atoms with Crippen LogP contribution < -0.4 is 14.8 Å². The summed E-state index contributed by atoms with van der Waals surface area (Å²) in [6, 6.07) is 2.88. The van der Waals surface area contributed by atoms with Gasteiger partial charge in [-0.25, -0.2) is 0 Å². The summed E-state index contributed by atoms with van der Waals surface area (Å²) < 4.78 is 32.2. The van der Waals surface area contributed by atoms with Gasteiger partial charge < -0.3 is 14.8 Å². The Kier molecular flexibility index (Phi) is 1.78. The first kappa shape index (κ1) is 6.85. The smallest absolute Gasteiger partial charge is 0.231 e. The summed E-state index contributed by atoms with van der Waals surface area (Å²) in [5, 5.41) is 2.59. The van der Waals surface area contributed by atoms with Crippen molar-refractivity contribution in [1.29, 1.82) is 0 Å². The zero-order valence-corrected chi connectivity index (χ0v) is 8.46. The molecular weight excluding hydrogens is 194 g/mol. The standard InChI is InChI=1S/C11H13NO3/c1-7(12-2)11(13)8-3-4-9-10(5-8)15-6-14-9/h3-5,7,12H,6H2,1-2H3/t7-/m0/s1/i6D2,7D.